The fourth-order valence-corrected chi connectivity index (χ4v) is 4.34. The summed E-state index contributed by atoms with van der Waals surface area (Å²) in [6.07, 6.45) is 6.68. The van der Waals surface area contributed by atoms with E-state index in [-0.39, 0.29) is 32.4 Å². The Hall–Kier alpha value is -2.74. The fraction of sp³-hybridized carbons (Fsp3) is 0.280. The Kier molecular flexibility index (Phi) is 8.44. The van der Waals surface area contributed by atoms with Gasteiger partial charge in [0.25, 0.3) is 0 Å². The number of nitrogens with one attached hydrogen (secondary N) is 1. The molecule has 0 saturated carbocycles. The monoisotopic (exact) mass is 682 g/mol. The zero-order chi connectivity index (χ0) is 24.4. The summed E-state index contributed by atoms with van der Waals surface area (Å²) >= 11 is 6.49. The molecule has 11 heteroatoms. The number of nitrogens with zero attached hydrogens (tertiary/aromatic N) is 4. The van der Waals surface area contributed by atoms with Gasteiger partial charge in [0.05, 0.1) is 19.0 Å². The number of hydrogen-bond donors (Lipinski definition) is 1. The normalized spacial score (nSPS) is 13.9. The van der Waals surface area contributed by atoms with Crippen LogP contribution >= 0.6 is 11.6 Å². The van der Waals surface area contributed by atoms with Crippen molar-refractivity contribution in [1.29, 1.82) is 0 Å². The zero-order valence-corrected chi connectivity index (χ0v) is 23.1. The van der Waals surface area contributed by atoms with E-state index in [1.165, 1.54) is 25.4 Å². The number of fused-ring (bicyclic) bond motifs is 1. The minimum Gasteiger partial charge on any atom is -0.683 e. The number of benzene rings is 2. The molecule has 0 bridgehead atoms. The molecule has 5 rings (SSSR count). The zero-order valence-electron chi connectivity index (χ0n) is 19.4. The first-order valence-corrected chi connectivity index (χ1v) is 11.6. The van der Waals surface area contributed by atoms with Crippen LogP contribution in [0.25, 0.3) is 22.2 Å². The molecule has 188 valence electrons. The van der Waals surface area contributed by atoms with Crippen molar-refractivity contribution in [3.8, 4) is 17.0 Å². The quantitative estimate of drug-likeness (QED) is 0.241. The second-order valence-electron chi connectivity index (χ2n) is 8.24. The van der Waals surface area contributed by atoms with E-state index in [9.17, 15) is 8.78 Å². The largest absolute Gasteiger partial charge is 0.683 e. The molecule has 0 unspecified atom stereocenters. The third-order valence-electron chi connectivity index (χ3n) is 6.04. The summed E-state index contributed by atoms with van der Waals surface area (Å²) in [6.45, 7) is 2.28. The fourth-order valence-electron chi connectivity index (χ4n) is 4.10. The van der Waals surface area contributed by atoms with Crippen LogP contribution in [0.1, 0.15) is 12.8 Å². The molecule has 7 nitrogen and oxygen atoms in total. The smallest absolute Gasteiger partial charge is 0.201 e. The second kappa shape index (κ2) is 11.5. The number of imidazole rings is 1. The van der Waals surface area contributed by atoms with Crippen molar-refractivity contribution >= 4 is 34.4 Å². The van der Waals surface area contributed by atoms with Crippen LogP contribution in [0.5, 0.6) is 5.75 Å². The molecular formula is C25H23ClF2N5O2W-. The molecule has 0 radical (unpaired) electrons. The predicted molar refractivity (Wildman–Crippen MR) is 131 cm³/mol. The molecule has 0 aliphatic carbocycles. The van der Waals surface area contributed by atoms with Crippen molar-refractivity contribution in [1.82, 2.24) is 14.4 Å². The Balaban J connectivity index is 0.00000304. The summed E-state index contributed by atoms with van der Waals surface area (Å²) in [6, 6.07) is 8.33. The third-order valence-corrected chi connectivity index (χ3v) is 6.34. The van der Waals surface area contributed by atoms with E-state index in [0.29, 0.717) is 33.8 Å². The first kappa shape index (κ1) is 26.3. The van der Waals surface area contributed by atoms with Gasteiger partial charge < -0.3 is 20.1 Å². The Morgan fingerprint density at radius 1 is 1.17 bits per heavy atom. The van der Waals surface area contributed by atoms with E-state index >= 15 is 0 Å². The van der Waals surface area contributed by atoms with Gasteiger partial charge in [0.1, 0.15) is 0 Å². The molecule has 36 heavy (non-hydrogen) atoms. The maximum absolute atomic E-state index is 14.7. The van der Waals surface area contributed by atoms with Gasteiger partial charge in [-0.15, -0.1) is 12.2 Å². The van der Waals surface area contributed by atoms with Gasteiger partial charge in [-0.1, -0.05) is 23.6 Å². The van der Waals surface area contributed by atoms with Crippen molar-refractivity contribution in [2.24, 2.45) is 5.92 Å². The SMILES string of the molecule is COc1ccc(-c2cnc3c(Nc4ccc([N-]CC5CCOCC5)c(Cl)c4)nccn23)c(F)c1F.[W]. The number of aromatic nitrogens is 3. The van der Waals surface area contributed by atoms with Crippen molar-refractivity contribution in [3.05, 3.63) is 70.9 Å². The molecule has 0 amide bonds. The Morgan fingerprint density at radius 2 is 1.97 bits per heavy atom. The number of ether oxygens (including phenoxy) is 2. The average molecular weight is 683 g/mol. The third kappa shape index (κ3) is 5.33. The Morgan fingerprint density at radius 3 is 2.72 bits per heavy atom. The van der Waals surface area contributed by atoms with E-state index < -0.39 is 11.6 Å². The number of halogens is 3. The van der Waals surface area contributed by atoms with Crippen LogP contribution in [0.2, 0.25) is 5.02 Å². The number of hydrogen-bond acceptors (Lipinski definition) is 5. The van der Waals surface area contributed by atoms with Crippen LogP contribution < -0.4 is 10.1 Å². The van der Waals surface area contributed by atoms with Gasteiger partial charge in [-0.05, 0) is 37.1 Å². The van der Waals surface area contributed by atoms with E-state index in [2.05, 4.69) is 20.6 Å². The minimum atomic E-state index is -1.05. The van der Waals surface area contributed by atoms with Crippen molar-refractivity contribution in [2.45, 2.75) is 12.8 Å². The average Bonchev–Trinajstić information content (AvgIpc) is 3.31. The molecule has 0 atom stereocenters. The van der Waals surface area contributed by atoms with Crippen LogP contribution in [-0.4, -0.2) is 41.2 Å². The maximum atomic E-state index is 14.7. The van der Waals surface area contributed by atoms with Crippen molar-refractivity contribution < 1.29 is 39.3 Å². The molecule has 3 heterocycles. The molecule has 2 aromatic carbocycles. The summed E-state index contributed by atoms with van der Waals surface area (Å²) in [5, 5.41) is 8.40. The Labute approximate surface area is 226 Å². The number of methoxy groups -OCH3 is 1. The van der Waals surface area contributed by atoms with Gasteiger partial charge in [0.2, 0.25) is 5.82 Å². The molecule has 4 aromatic rings. The summed E-state index contributed by atoms with van der Waals surface area (Å²) < 4.78 is 40.9. The van der Waals surface area contributed by atoms with E-state index in [1.807, 2.05) is 12.1 Å². The molecule has 1 N–H and O–H groups in total. The molecule has 1 saturated heterocycles. The van der Waals surface area contributed by atoms with E-state index in [1.54, 1.807) is 22.9 Å². The van der Waals surface area contributed by atoms with Crippen molar-refractivity contribution in [2.75, 3.05) is 32.2 Å². The molecular weight excluding hydrogens is 660 g/mol. The van der Waals surface area contributed by atoms with Crippen LogP contribution in [0.4, 0.5) is 26.0 Å². The van der Waals surface area contributed by atoms with E-state index in [0.717, 1.165) is 38.3 Å². The Bertz CT molecular complexity index is 1360. The molecule has 1 aliphatic rings. The number of anilines is 2. The summed E-state index contributed by atoms with van der Waals surface area (Å²) in [5.74, 6) is -1.27. The van der Waals surface area contributed by atoms with Gasteiger partial charge in [0.15, 0.2) is 23.0 Å². The summed E-state index contributed by atoms with van der Waals surface area (Å²) in [5.41, 5.74) is 2.32. The van der Waals surface area contributed by atoms with Gasteiger partial charge in [0, 0.05) is 62.9 Å². The second-order valence-corrected chi connectivity index (χ2v) is 8.65. The summed E-state index contributed by atoms with van der Waals surface area (Å²) in [4.78, 5) is 8.75. The van der Waals surface area contributed by atoms with Crippen LogP contribution in [0, 0.1) is 17.6 Å². The van der Waals surface area contributed by atoms with Crippen LogP contribution in [-0.2, 0) is 25.8 Å². The molecule has 1 aliphatic heterocycles. The maximum Gasteiger partial charge on any atom is 0.201 e. The van der Waals surface area contributed by atoms with Crippen molar-refractivity contribution in [3.63, 3.8) is 0 Å². The van der Waals surface area contributed by atoms with Gasteiger partial charge >= 0.3 is 0 Å². The van der Waals surface area contributed by atoms with E-state index in [4.69, 9.17) is 21.1 Å². The molecule has 2 aromatic heterocycles. The van der Waals surface area contributed by atoms with Gasteiger partial charge in [-0.2, -0.15) is 4.39 Å². The first-order valence-electron chi connectivity index (χ1n) is 11.2. The molecule has 0 spiro atoms. The van der Waals surface area contributed by atoms with Gasteiger partial charge in [-0.3, -0.25) is 4.40 Å². The van der Waals surface area contributed by atoms with Crippen LogP contribution in [0.15, 0.2) is 48.9 Å². The number of rotatable bonds is 7. The first-order chi connectivity index (χ1) is 17.0. The standard InChI is InChI=1S/C25H23ClF2N5O2.W/c1-34-21-5-3-17(22(27)23(21)28)20-14-31-25-24(29-8-9-33(20)25)32-16-2-4-19(18(26)12-16)30-13-15-6-10-35-11-7-15;/h2-5,8-9,12,14-15H,6-7,10-11,13H2,1H3,(H,29,32);/q-1;. The predicted octanol–water partition coefficient (Wildman–Crippen LogP) is 6.51. The minimum absolute atomic E-state index is 0. The van der Waals surface area contributed by atoms with Crippen LogP contribution in [0.3, 0.4) is 0 Å². The molecule has 1 fully saturated rings. The summed E-state index contributed by atoms with van der Waals surface area (Å²) in [7, 11) is 1.29. The van der Waals surface area contributed by atoms with Gasteiger partial charge in [-0.25, -0.2) is 14.4 Å². The topological polar surface area (TPSA) is 74.8 Å².